The van der Waals surface area contributed by atoms with Gasteiger partial charge in [0.25, 0.3) is 0 Å². The summed E-state index contributed by atoms with van der Waals surface area (Å²) in [5, 5.41) is 9.00. The summed E-state index contributed by atoms with van der Waals surface area (Å²) in [6.45, 7) is 7.59. The quantitative estimate of drug-likeness (QED) is 0.674. The van der Waals surface area contributed by atoms with Gasteiger partial charge in [0.2, 0.25) is 10.0 Å². The Labute approximate surface area is 110 Å². The summed E-state index contributed by atoms with van der Waals surface area (Å²) in [6, 6.07) is -1.02. The van der Waals surface area contributed by atoms with Crippen LogP contribution in [0.15, 0.2) is 0 Å². The van der Waals surface area contributed by atoms with Gasteiger partial charge in [-0.1, -0.05) is 34.1 Å². The van der Waals surface area contributed by atoms with Crippen LogP contribution < -0.4 is 4.72 Å². The summed E-state index contributed by atoms with van der Waals surface area (Å²) in [4.78, 5) is 11.0. The van der Waals surface area contributed by atoms with E-state index in [1.54, 1.807) is 0 Å². The molecule has 0 aliphatic carbocycles. The molecule has 0 spiro atoms. The molecule has 1 unspecified atom stereocenters. The maximum Gasteiger partial charge on any atom is 0.321 e. The van der Waals surface area contributed by atoms with Crippen molar-refractivity contribution in [3.63, 3.8) is 0 Å². The maximum absolute atomic E-state index is 11.8. The lowest BCUT2D eigenvalue weighted by Crippen LogP contribution is -2.43. The van der Waals surface area contributed by atoms with E-state index in [2.05, 4.69) is 4.72 Å². The molecule has 108 valence electrons. The molecule has 0 aromatic heterocycles. The fourth-order valence-corrected chi connectivity index (χ4v) is 3.53. The third-order valence-electron chi connectivity index (χ3n) is 2.61. The SMILES string of the molecule is CCCC(C)CS(=O)(=O)N[C@@H](CC(C)C)C(=O)O. The zero-order valence-corrected chi connectivity index (χ0v) is 12.5. The Bertz CT molecular complexity index is 351. The van der Waals surface area contributed by atoms with Crippen molar-refractivity contribution >= 4 is 16.0 Å². The van der Waals surface area contributed by atoms with Gasteiger partial charge in [0.15, 0.2) is 0 Å². The van der Waals surface area contributed by atoms with Crippen molar-refractivity contribution in [1.29, 1.82) is 0 Å². The molecule has 18 heavy (non-hydrogen) atoms. The van der Waals surface area contributed by atoms with Gasteiger partial charge in [0.05, 0.1) is 5.75 Å². The third kappa shape index (κ3) is 7.66. The normalized spacial score (nSPS) is 15.6. The molecule has 0 radical (unpaired) electrons. The predicted molar refractivity (Wildman–Crippen MR) is 71.9 cm³/mol. The Balaban J connectivity index is 4.56. The van der Waals surface area contributed by atoms with Gasteiger partial charge in [-0.3, -0.25) is 4.79 Å². The molecule has 6 heteroatoms. The van der Waals surface area contributed by atoms with Crippen LogP contribution in [-0.4, -0.2) is 31.3 Å². The standard InChI is InChI=1S/C12H25NO4S/c1-5-6-10(4)8-18(16,17)13-11(12(14)15)7-9(2)3/h9-11,13H,5-8H2,1-4H3,(H,14,15)/t10?,11-/m0/s1. The number of rotatable bonds is 9. The molecule has 0 saturated carbocycles. The molecule has 0 aliphatic heterocycles. The summed E-state index contributed by atoms with van der Waals surface area (Å²) in [7, 11) is -3.52. The monoisotopic (exact) mass is 279 g/mol. The van der Waals surface area contributed by atoms with Gasteiger partial charge < -0.3 is 5.11 Å². The lowest BCUT2D eigenvalue weighted by Gasteiger charge is -2.18. The molecular formula is C12H25NO4S. The summed E-state index contributed by atoms with van der Waals surface area (Å²) >= 11 is 0. The molecule has 0 fully saturated rings. The minimum absolute atomic E-state index is 0.0112. The molecule has 0 rings (SSSR count). The van der Waals surface area contributed by atoms with E-state index < -0.39 is 22.0 Å². The van der Waals surface area contributed by atoms with Crippen molar-refractivity contribution in [1.82, 2.24) is 4.72 Å². The lowest BCUT2D eigenvalue weighted by molar-refractivity contribution is -0.139. The van der Waals surface area contributed by atoms with E-state index in [-0.39, 0.29) is 17.6 Å². The number of sulfonamides is 1. The maximum atomic E-state index is 11.8. The predicted octanol–water partition coefficient (Wildman–Crippen LogP) is 1.84. The summed E-state index contributed by atoms with van der Waals surface area (Å²) in [5.74, 6) is -0.957. The molecule has 5 nitrogen and oxygen atoms in total. The number of carboxylic acids is 1. The molecule has 2 N–H and O–H groups in total. The average Bonchev–Trinajstić information content (AvgIpc) is 2.14. The topological polar surface area (TPSA) is 83.5 Å². The van der Waals surface area contributed by atoms with Gasteiger partial charge in [-0.15, -0.1) is 0 Å². The number of hydrogen-bond acceptors (Lipinski definition) is 3. The Hall–Kier alpha value is -0.620. The molecule has 0 amide bonds. The Kier molecular flexibility index (Phi) is 7.47. The van der Waals surface area contributed by atoms with Crippen LogP contribution in [0.25, 0.3) is 0 Å². The first-order chi connectivity index (χ1) is 8.18. The summed E-state index contributed by atoms with van der Waals surface area (Å²) in [6.07, 6.45) is 2.05. The molecule has 0 aromatic rings. The van der Waals surface area contributed by atoms with E-state index in [1.165, 1.54) is 0 Å². The zero-order valence-electron chi connectivity index (χ0n) is 11.6. The van der Waals surface area contributed by atoms with Crippen molar-refractivity contribution in [2.24, 2.45) is 11.8 Å². The molecular weight excluding hydrogens is 254 g/mol. The van der Waals surface area contributed by atoms with Crippen LogP contribution in [0.1, 0.15) is 47.0 Å². The number of carboxylic acid groups (broad SMARTS) is 1. The lowest BCUT2D eigenvalue weighted by atomic mass is 10.1. The van der Waals surface area contributed by atoms with Crippen LogP contribution in [0.4, 0.5) is 0 Å². The first-order valence-electron chi connectivity index (χ1n) is 6.40. The van der Waals surface area contributed by atoms with Gasteiger partial charge in [-0.2, -0.15) is 0 Å². The van der Waals surface area contributed by atoms with E-state index in [0.29, 0.717) is 6.42 Å². The summed E-state index contributed by atoms with van der Waals surface area (Å²) < 4.78 is 26.0. The van der Waals surface area contributed by atoms with Gasteiger partial charge in [0.1, 0.15) is 6.04 Å². The second-order valence-electron chi connectivity index (χ2n) is 5.31. The minimum atomic E-state index is -3.52. The van der Waals surface area contributed by atoms with E-state index in [9.17, 15) is 13.2 Å². The van der Waals surface area contributed by atoms with Crippen LogP contribution in [0.5, 0.6) is 0 Å². The second kappa shape index (κ2) is 7.74. The summed E-state index contributed by atoms with van der Waals surface area (Å²) in [5.41, 5.74) is 0. The van der Waals surface area contributed by atoms with Gasteiger partial charge >= 0.3 is 5.97 Å². The van der Waals surface area contributed by atoms with Crippen LogP contribution in [0.2, 0.25) is 0 Å². The van der Waals surface area contributed by atoms with Gasteiger partial charge in [-0.05, 0) is 24.7 Å². The molecule has 0 aliphatic rings. The third-order valence-corrected chi connectivity index (χ3v) is 4.26. The van der Waals surface area contributed by atoms with Gasteiger partial charge in [-0.25, -0.2) is 13.1 Å². The molecule has 0 bridgehead atoms. The fourth-order valence-electron chi connectivity index (χ4n) is 1.89. The highest BCUT2D eigenvalue weighted by Crippen LogP contribution is 2.10. The second-order valence-corrected chi connectivity index (χ2v) is 7.11. The van der Waals surface area contributed by atoms with Crippen molar-refractivity contribution in [3.8, 4) is 0 Å². The largest absolute Gasteiger partial charge is 0.480 e. The Morgan fingerprint density at radius 1 is 1.28 bits per heavy atom. The Morgan fingerprint density at radius 2 is 1.83 bits per heavy atom. The highest BCUT2D eigenvalue weighted by Gasteiger charge is 2.25. The highest BCUT2D eigenvalue weighted by atomic mass is 32.2. The number of carbonyl (C=O) groups is 1. The van der Waals surface area contributed by atoms with Crippen molar-refractivity contribution in [3.05, 3.63) is 0 Å². The van der Waals surface area contributed by atoms with E-state index in [0.717, 1.165) is 12.8 Å². The molecule has 2 atom stereocenters. The highest BCUT2D eigenvalue weighted by molar-refractivity contribution is 7.89. The van der Waals surface area contributed by atoms with E-state index in [4.69, 9.17) is 5.11 Å². The van der Waals surface area contributed by atoms with Crippen LogP contribution in [-0.2, 0) is 14.8 Å². The number of hydrogen-bond donors (Lipinski definition) is 2. The first-order valence-corrected chi connectivity index (χ1v) is 8.06. The Morgan fingerprint density at radius 3 is 2.22 bits per heavy atom. The van der Waals surface area contributed by atoms with E-state index in [1.807, 2.05) is 27.7 Å². The van der Waals surface area contributed by atoms with Crippen LogP contribution in [0.3, 0.4) is 0 Å². The van der Waals surface area contributed by atoms with Gasteiger partial charge in [0, 0.05) is 0 Å². The average molecular weight is 279 g/mol. The molecule has 0 heterocycles. The van der Waals surface area contributed by atoms with Crippen molar-refractivity contribution in [2.75, 3.05) is 5.75 Å². The minimum Gasteiger partial charge on any atom is -0.480 e. The van der Waals surface area contributed by atoms with Crippen LogP contribution >= 0.6 is 0 Å². The van der Waals surface area contributed by atoms with Crippen LogP contribution in [0, 0.1) is 11.8 Å². The number of nitrogens with one attached hydrogen (secondary N) is 1. The van der Waals surface area contributed by atoms with E-state index >= 15 is 0 Å². The zero-order chi connectivity index (χ0) is 14.3. The smallest absolute Gasteiger partial charge is 0.321 e. The number of aliphatic carboxylic acids is 1. The first kappa shape index (κ1) is 17.4. The molecule has 0 aromatic carbocycles. The molecule has 0 saturated heterocycles. The fraction of sp³-hybridized carbons (Fsp3) is 0.917. The van der Waals surface area contributed by atoms with Crippen molar-refractivity contribution in [2.45, 2.75) is 53.0 Å². The van der Waals surface area contributed by atoms with Crippen molar-refractivity contribution < 1.29 is 18.3 Å².